The van der Waals surface area contributed by atoms with Crippen LogP contribution in [0, 0.1) is 0 Å². The molecule has 4 nitrogen and oxygen atoms in total. The molecular weight excluding hydrogens is 258 g/mol. The molecule has 0 saturated heterocycles. The van der Waals surface area contributed by atoms with Crippen molar-refractivity contribution in [3.05, 3.63) is 36.0 Å². The number of benzene rings is 1. The Morgan fingerprint density at radius 2 is 2.21 bits per heavy atom. The van der Waals surface area contributed by atoms with Crippen LogP contribution in [0.2, 0.25) is 0 Å². The van der Waals surface area contributed by atoms with Gasteiger partial charge in [0.1, 0.15) is 11.5 Å². The Bertz CT molecular complexity index is 618. The number of thiocarbonyl (C=S) groups is 1. The molecule has 0 unspecified atom stereocenters. The molecule has 0 fully saturated rings. The quantitative estimate of drug-likeness (QED) is 0.818. The van der Waals surface area contributed by atoms with Crippen LogP contribution in [-0.4, -0.2) is 22.0 Å². The minimum atomic E-state index is 0.0140. The Morgan fingerprint density at radius 3 is 2.89 bits per heavy atom. The van der Waals surface area contributed by atoms with Crippen LogP contribution in [0.1, 0.15) is 18.9 Å². The summed E-state index contributed by atoms with van der Waals surface area (Å²) >= 11 is 5.03. The van der Waals surface area contributed by atoms with E-state index in [1.54, 1.807) is 0 Å². The van der Waals surface area contributed by atoms with Gasteiger partial charge in [0, 0.05) is 29.2 Å². The smallest absolute Gasteiger partial charge is 0.239 e. The van der Waals surface area contributed by atoms with E-state index in [1.807, 2.05) is 42.0 Å². The SMILES string of the molecule is CCCNC(=O)Cn1ccc2c(C(N)=S)cccc21. The van der Waals surface area contributed by atoms with Crippen molar-refractivity contribution in [3.8, 4) is 0 Å². The molecule has 0 atom stereocenters. The molecule has 2 aromatic rings. The van der Waals surface area contributed by atoms with E-state index in [4.69, 9.17) is 18.0 Å². The first-order chi connectivity index (χ1) is 9.13. The fourth-order valence-electron chi connectivity index (χ4n) is 2.05. The minimum absolute atomic E-state index is 0.0140. The molecule has 0 radical (unpaired) electrons. The monoisotopic (exact) mass is 275 g/mol. The second-order valence-corrected chi connectivity index (χ2v) is 4.84. The molecule has 0 aliphatic heterocycles. The summed E-state index contributed by atoms with van der Waals surface area (Å²) in [7, 11) is 0. The second kappa shape index (κ2) is 5.84. The lowest BCUT2D eigenvalue weighted by molar-refractivity contribution is -0.121. The first-order valence-corrected chi connectivity index (χ1v) is 6.68. The summed E-state index contributed by atoms with van der Waals surface area (Å²) in [5.41, 5.74) is 7.52. The van der Waals surface area contributed by atoms with Gasteiger partial charge in [-0.25, -0.2) is 0 Å². The van der Waals surface area contributed by atoms with Gasteiger partial charge in [-0.05, 0) is 18.6 Å². The van der Waals surface area contributed by atoms with Crippen LogP contribution < -0.4 is 11.1 Å². The molecule has 100 valence electrons. The van der Waals surface area contributed by atoms with Gasteiger partial charge in [0.15, 0.2) is 0 Å². The molecule has 5 heteroatoms. The fourth-order valence-corrected chi connectivity index (χ4v) is 2.23. The first-order valence-electron chi connectivity index (χ1n) is 6.28. The molecule has 3 N–H and O–H groups in total. The van der Waals surface area contributed by atoms with Gasteiger partial charge < -0.3 is 15.6 Å². The predicted molar refractivity (Wildman–Crippen MR) is 81.1 cm³/mol. The lowest BCUT2D eigenvalue weighted by atomic mass is 10.1. The average molecular weight is 275 g/mol. The summed E-state index contributed by atoms with van der Waals surface area (Å²) in [4.78, 5) is 12.1. The third-order valence-electron chi connectivity index (χ3n) is 2.97. The Hall–Kier alpha value is -1.88. The lowest BCUT2D eigenvalue weighted by Gasteiger charge is -2.07. The van der Waals surface area contributed by atoms with E-state index in [0.717, 1.165) is 22.9 Å². The van der Waals surface area contributed by atoms with Crippen LogP contribution >= 0.6 is 12.2 Å². The van der Waals surface area contributed by atoms with Gasteiger partial charge in [-0.15, -0.1) is 0 Å². The lowest BCUT2D eigenvalue weighted by Crippen LogP contribution is -2.27. The van der Waals surface area contributed by atoms with E-state index in [-0.39, 0.29) is 5.91 Å². The minimum Gasteiger partial charge on any atom is -0.389 e. The predicted octanol–water partition coefficient (Wildman–Crippen LogP) is 1.80. The number of nitrogens with zero attached hydrogens (tertiary/aromatic N) is 1. The number of carbonyl (C=O) groups is 1. The van der Waals surface area contributed by atoms with E-state index in [2.05, 4.69) is 5.32 Å². The van der Waals surface area contributed by atoms with Crippen molar-refractivity contribution in [2.75, 3.05) is 6.54 Å². The van der Waals surface area contributed by atoms with Crippen molar-refractivity contribution < 1.29 is 4.79 Å². The molecule has 0 aliphatic carbocycles. The van der Waals surface area contributed by atoms with E-state index >= 15 is 0 Å². The van der Waals surface area contributed by atoms with Crippen LogP contribution in [0.25, 0.3) is 10.9 Å². The third-order valence-corrected chi connectivity index (χ3v) is 3.19. The van der Waals surface area contributed by atoms with E-state index in [1.165, 1.54) is 0 Å². The first kappa shape index (κ1) is 13.5. The standard InChI is InChI=1S/C14H17N3OS/c1-2-7-16-13(18)9-17-8-6-10-11(14(15)19)4-3-5-12(10)17/h3-6,8H,2,7,9H2,1H3,(H2,15,19)(H,16,18). The van der Waals surface area contributed by atoms with Crippen LogP contribution in [0.15, 0.2) is 30.5 Å². The third kappa shape index (κ3) is 2.93. The maximum absolute atomic E-state index is 11.7. The molecule has 1 heterocycles. The number of carbonyl (C=O) groups excluding carboxylic acids is 1. The molecule has 0 aliphatic rings. The van der Waals surface area contributed by atoms with Crippen LogP contribution in [0.3, 0.4) is 0 Å². The Balaban J connectivity index is 2.28. The van der Waals surface area contributed by atoms with Crippen molar-refractivity contribution in [2.45, 2.75) is 19.9 Å². The zero-order valence-corrected chi connectivity index (χ0v) is 11.7. The normalized spacial score (nSPS) is 10.6. The number of fused-ring (bicyclic) bond motifs is 1. The molecule has 1 aromatic heterocycles. The van der Waals surface area contributed by atoms with E-state index in [9.17, 15) is 4.79 Å². The number of hydrogen-bond acceptors (Lipinski definition) is 2. The highest BCUT2D eigenvalue weighted by atomic mass is 32.1. The Morgan fingerprint density at radius 1 is 1.42 bits per heavy atom. The summed E-state index contributed by atoms with van der Waals surface area (Å²) in [5.74, 6) is 0.0140. The number of aromatic nitrogens is 1. The molecule has 1 amide bonds. The maximum Gasteiger partial charge on any atom is 0.239 e. The number of nitrogens with two attached hydrogens (primary N) is 1. The summed E-state index contributed by atoms with van der Waals surface area (Å²) in [6.45, 7) is 3.04. The van der Waals surface area contributed by atoms with Gasteiger partial charge in [-0.2, -0.15) is 0 Å². The van der Waals surface area contributed by atoms with E-state index in [0.29, 0.717) is 18.1 Å². The topological polar surface area (TPSA) is 60.0 Å². The molecule has 0 saturated carbocycles. The number of nitrogens with one attached hydrogen (secondary N) is 1. The molecule has 1 aromatic carbocycles. The largest absolute Gasteiger partial charge is 0.389 e. The fraction of sp³-hybridized carbons (Fsp3) is 0.286. The van der Waals surface area contributed by atoms with Gasteiger partial charge in [0.05, 0.1) is 0 Å². The zero-order valence-electron chi connectivity index (χ0n) is 10.8. The van der Waals surface area contributed by atoms with Gasteiger partial charge in [0.25, 0.3) is 0 Å². The number of amides is 1. The van der Waals surface area contributed by atoms with Crippen LogP contribution in [0.4, 0.5) is 0 Å². The Labute approximate surface area is 117 Å². The summed E-state index contributed by atoms with van der Waals surface area (Å²) in [5, 5.41) is 3.85. The number of hydrogen-bond donors (Lipinski definition) is 2. The van der Waals surface area contributed by atoms with Crippen molar-refractivity contribution in [1.29, 1.82) is 0 Å². The summed E-state index contributed by atoms with van der Waals surface area (Å²) < 4.78 is 1.90. The van der Waals surface area contributed by atoms with Crippen molar-refractivity contribution >= 4 is 34.0 Å². The van der Waals surface area contributed by atoms with Crippen LogP contribution in [-0.2, 0) is 11.3 Å². The van der Waals surface area contributed by atoms with E-state index < -0.39 is 0 Å². The molecule has 0 bridgehead atoms. The molecule has 19 heavy (non-hydrogen) atoms. The summed E-state index contributed by atoms with van der Waals surface area (Å²) in [6, 6.07) is 7.70. The average Bonchev–Trinajstić information content (AvgIpc) is 2.79. The van der Waals surface area contributed by atoms with Crippen molar-refractivity contribution in [2.24, 2.45) is 5.73 Å². The van der Waals surface area contributed by atoms with Gasteiger partial charge in [-0.1, -0.05) is 31.3 Å². The van der Waals surface area contributed by atoms with Crippen LogP contribution in [0.5, 0.6) is 0 Å². The van der Waals surface area contributed by atoms with Gasteiger partial charge in [-0.3, -0.25) is 4.79 Å². The summed E-state index contributed by atoms with van der Waals surface area (Å²) in [6.07, 6.45) is 2.82. The second-order valence-electron chi connectivity index (χ2n) is 4.40. The Kier molecular flexibility index (Phi) is 4.16. The highest BCUT2D eigenvalue weighted by Crippen LogP contribution is 2.20. The molecular formula is C14H17N3OS. The molecule has 0 spiro atoms. The van der Waals surface area contributed by atoms with Gasteiger partial charge in [0.2, 0.25) is 5.91 Å². The maximum atomic E-state index is 11.7. The van der Waals surface area contributed by atoms with Crippen molar-refractivity contribution in [1.82, 2.24) is 9.88 Å². The highest BCUT2D eigenvalue weighted by molar-refractivity contribution is 7.80. The van der Waals surface area contributed by atoms with Gasteiger partial charge >= 0.3 is 0 Å². The zero-order chi connectivity index (χ0) is 13.8. The molecule has 2 rings (SSSR count). The highest BCUT2D eigenvalue weighted by Gasteiger charge is 2.09. The number of rotatable bonds is 5. The van der Waals surface area contributed by atoms with Crippen molar-refractivity contribution in [3.63, 3.8) is 0 Å².